The van der Waals surface area contributed by atoms with E-state index in [9.17, 15) is 19.7 Å². The van der Waals surface area contributed by atoms with E-state index in [-0.39, 0.29) is 50.9 Å². The van der Waals surface area contributed by atoms with Crippen LogP contribution < -0.4 is 33.8 Å². The number of nitrogens with zero attached hydrogens (tertiary/aromatic N) is 3. The number of carbonyl (C=O) groups excluding carboxylic acids is 1. The second-order valence-corrected chi connectivity index (χ2v) is 11.0. The first-order valence-corrected chi connectivity index (χ1v) is 15.0. The van der Waals surface area contributed by atoms with Crippen molar-refractivity contribution in [2.45, 2.75) is 26.5 Å². The summed E-state index contributed by atoms with van der Waals surface area (Å²) < 4.78 is 29.3. The number of ether oxygens (including phenoxy) is 5. The first kappa shape index (κ1) is 32.0. The quantitative estimate of drug-likeness (QED) is 0.133. The molecule has 46 heavy (non-hydrogen) atoms. The molecule has 1 aromatic heterocycles. The molecule has 0 spiro atoms. The van der Waals surface area contributed by atoms with Crippen LogP contribution in [0.4, 0.5) is 5.69 Å². The highest BCUT2D eigenvalue weighted by atomic mass is 32.1. The van der Waals surface area contributed by atoms with Crippen LogP contribution in [0.2, 0.25) is 0 Å². The number of methoxy groups -OCH3 is 3. The van der Waals surface area contributed by atoms with E-state index in [0.717, 1.165) is 16.9 Å². The largest absolute Gasteiger partial charge is 0.497 e. The monoisotopic (exact) mass is 645 g/mol. The number of thiazole rings is 1. The number of esters is 1. The van der Waals surface area contributed by atoms with E-state index in [4.69, 9.17) is 23.7 Å². The van der Waals surface area contributed by atoms with Crippen molar-refractivity contribution in [1.82, 2.24) is 4.57 Å². The Morgan fingerprint density at radius 1 is 1.02 bits per heavy atom. The number of hydrogen-bond donors (Lipinski definition) is 0. The molecule has 13 heteroatoms. The molecule has 1 atom stereocenters. The molecule has 5 rings (SSSR count). The molecule has 12 nitrogen and oxygen atoms in total. The fourth-order valence-corrected chi connectivity index (χ4v) is 6.16. The zero-order valence-electron chi connectivity index (χ0n) is 25.8. The highest BCUT2D eigenvalue weighted by Gasteiger charge is 2.35. The lowest BCUT2D eigenvalue weighted by molar-refractivity contribution is -0.385. The van der Waals surface area contributed by atoms with Crippen LogP contribution in [-0.2, 0) is 16.1 Å². The van der Waals surface area contributed by atoms with E-state index in [2.05, 4.69) is 4.99 Å². The number of aromatic nitrogens is 1. The minimum atomic E-state index is -0.985. The zero-order chi connectivity index (χ0) is 33.0. The van der Waals surface area contributed by atoms with Gasteiger partial charge in [-0.15, -0.1) is 0 Å². The van der Waals surface area contributed by atoms with Gasteiger partial charge >= 0.3 is 5.97 Å². The van der Waals surface area contributed by atoms with E-state index in [1.165, 1.54) is 44.1 Å². The summed E-state index contributed by atoms with van der Waals surface area (Å²) in [6, 6.07) is 16.2. The average Bonchev–Trinajstić information content (AvgIpc) is 3.36. The van der Waals surface area contributed by atoms with Crippen molar-refractivity contribution in [2.75, 3.05) is 27.9 Å². The topological polar surface area (TPSA) is 141 Å². The predicted octanol–water partition coefficient (Wildman–Crippen LogP) is 4.31. The fraction of sp³-hybridized carbons (Fsp3) is 0.242. The molecule has 0 unspecified atom stereocenters. The van der Waals surface area contributed by atoms with Gasteiger partial charge in [0.25, 0.3) is 11.2 Å². The summed E-state index contributed by atoms with van der Waals surface area (Å²) in [5.41, 5.74) is 1.16. The second kappa shape index (κ2) is 13.7. The number of fused-ring (bicyclic) bond motifs is 1. The Morgan fingerprint density at radius 3 is 2.41 bits per heavy atom. The summed E-state index contributed by atoms with van der Waals surface area (Å²) in [6.07, 6.45) is 1.41. The summed E-state index contributed by atoms with van der Waals surface area (Å²) in [7, 11) is 4.41. The maximum atomic E-state index is 14.2. The lowest BCUT2D eigenvalue weighted by Gasteiger charge is -2.26. The molecule has 0 saturated carbocycles. The zero-order valence-corrected chi connectivity index (χ0v) is 26.6. The molecule has 238 valence electrons. The van der Waals surface area contributed by atoms with Crippen molar-refractivity contribution in [3.8, 4) is 23.0 Å². The first-order chi connectivity index (χ1) is 22.2. The van der Waals surface area contributed by atoms with Crippen LogP contribution in [-0.4, -0.2) is 43.4 Å². The minimum Gasteiger partial charge on any atom is -0.497 e. The normalized spacial score (nSPS) is 14.3. The Morgan fingerprint density at radius 2 is 1.76 bits per heavy atom. The molecule has 0 aliphatic carbocycles. The second-order valence-electron chi connectivity index (χ2n) is 10.0. The predicted molar refractivity (Wildman–Crippen MR) is 170 cm³/mol. The number of nitro benzene ring substituents is 1. The van der Waals surface area contributed by atoms with Gasteiger partial charge in [-0.2, -0.15) is 0 Å². The minimum absolute atomic E-state index is 0.110. The number of rotatable bonds is 11. The van der Waals surface area contributed by atoms with E-state index in [1.807, 2.05) is 30.3 Å². The standard InChI is InChI=1S/C33H31N3O9S/c1-6-44-32(38)29-19(2)34-33-35(30(29)23-16-22(41-3)12-13-25(23)42-4)31(37)28(46-33)15-21-14-26(43-5)27(17-24(21)36(39)40)45-18-20-10-8-7-9-11-20/h7-17,30H,6,18H2,1-5H3/b28-15-/t30-/m1/s1. The smallest absolute Gasteiger partial charge is 0.338 e. The van der Waals surface area contributed by atoms with Gasteiger partial charge in [0, 0.05) is 5.56 Å². The van der Waals surface area contributed by atoms with Gasteiger partial charge in [0.15, 0.2) is 16.3 Å². The third kappa shape index (κ3) is 6.22. The van der Waals surface area contributed by atoms with Crippen LogP contribution >= 0.6 is 11.3 Å². The van der Waals surface area contributed by atoms with Crippen LogP contribution in [0.15, 0.2) is 81.7 Å². The highest BCUT2D eigenvalue weighted by molar-refractivity contribution is 7.07. The average molecular weight is 646 g/mol. The van der Waals surface area contributed by atoms with E-state index >= 15 is 0 Å². The third-order valence-electron chi connectivity index (χ3n) is 7.28. The van der Waals surface area contributed by atoms with Crippen molar-refractivity contribution in [3.63, 3.8) is 0 Å². The van der Waals surface area contributed by atoms with Crippen LogP contribution in [0.25, 0.3) is 6.08 Å². The van der Waals surface area contributed by atoms with Gasteiger partial charge in [-0.1, -0.05) is 41.7 Å². The molecule has 0 N–H and O–H groups in total. The fourth-order valence-electron chi connectivity index (χ4n) is 5.13. The van der Waals surface area contributed by atoms with E-state index in [1.54, 1.807) is 32.0 Å². The highest BCUT2D eigenvalue weighted by Crippen LogP contribution is 2.38. The number of benzene rings is 3. The van der Waals surface area contributed by atoms with Gasteiger partial charge in [0.05, 0.1) is 60.3 Å². The molecular weight excluding hydrogens is 614 g/mol. The molecule has 0 amide bonds. The lowest BCUT2D eigenvalue weighted by Crippen LogP contribution is -2.40. The third-order valence-corrected chi connectivity index (χ3v) is 8.26. The SMILES string of the molecule is CCOC(=O)C1=C(C)N=c2s/c(=C\c3cc(OC)c(OCc4ccccc4)cc3[N+](=O)[O-])c(=O)n2[C@@H]1c1cc(OC)ccc1OC. The number of hydrogen-bond acceptors (Lipinski definition) is 11. The van der Waals surface area contributed by atoms with Crippen molar-refractivity contribution in [3.05, 3.63) is 118 Å². The first-order valence-electron chi connectivity index (χ1n) is 14.1. The van der Waals surface area contributed by atoms with Crippen molar-refractivity contribution in [2.24, 2.45) is 4.99 Å². The molecular formula is C33H31N3O9S. The number of nitro groups is 1. The summed E-state index contributed by atoms with van der Waals surface area (Å²) in [5, 5.41) is 12.2. The van der Waals surface area contributed by atoms with Gasteiger partial charge < -0.3 is 23.7 Å². The van der Waals surface area contributed by atoms with Crippen molar-refractivity contribution < 1.29 is 33.4 Å². The van der Waals surface area contributed by atoms with Gasteiger partial charge in [0.2, 0.25) is 0 Å². The van der Waals surface area contributed by atoms with E-state index < -0.39 is 22.5 Å². The number of allylic oxidation sites excluding steroid dienone is 1. The Hall–Kier alpha value is -5.43. The summed E-state index contributed by atoms with van der Waals surface area (Å²) in [5.74, 6) is 0.673. The van der Waals surface area contributed by atoms with E-state index in [0.29, 0.717) is 22.8 Å². The molecule has 1 aliphatic rings. The Labute approximate surface area is 267 Å². The van der Waals surface area contributed by atoms with Gasteiger partial charge in [-0.25, -0.2) is 9.79 Å². The Kier molecular flexibility index (Phi) is 9.52. The van der Waals surface area contributed by atoms with Gasteiger partial charge in [-0.3, -0.25) is 19.5 Å². The summed E-state index contributed by atoms with van der Waals surface area (Å²) in [6.45, 7) is 3.62. The summed E-state index contributed by atoms with van der Waals surface area (Å²) >= 11 is 1.03. The lowest BCUT2D eigenvalue weighted by atomic mass is 9.94. The Balaban J connectivity index is 1.69. The maximum Gasteiger partial charge on any atom is 0.338 e. The van der Waals surface area contributed by atoms with Gasteiger partial charge in [-0.05, 0) is 49.8 Å². The molecule has 0 radical (unpaired) electrons. The molecule has 2 heterocycles. The van der Waals surface area contributed by atoms with Crippen LogP contribution in [0.1, 0.15) is 36.6 Å². The molecule has 4 aromatic rings. The molecule has 0 bridgehead atoms. The maximum absolute atomic E-state index is 14.2. The molecule has 0 fully saturated rings. The molecule has 3 aromatic carbocycles. The Bertz CT molecular complexity index is 2020. The van der Waals surface area contributed by atoms with Crippen molar-refractivity contribution >= 4 is 29.1 Å². The molecule has 0 saturated heterocycles. The van der Waals surface area contributed by atoms with Gasteiger partial charge in [0.1, 0.15) is 24.1 Å². The summed E-state index contributed by atoms with van der Waals surface area (Å²) in [4.78, 5) is 44.0. The number of carbonyl (C=O) groups is 1. The van der Waals surface area contributed by atoms with Crippen LogP contribution in [0.3, 0.4) is 0 Å². The molecule has 1 aliphatic heterocycles. The van der Waals surface area contributed by atoms with Crippen LogP contribution in [0.5, 0.6) is 23.0 Å². The van der Waals surface area contributed by atoms with Crippen molar-refractivity contribution in [1.29, 1.82) is 0 Å². The van der Waals surface area contributed by atoms with Crippen LogP contribution in [0, 0.1) is 10.1 Å².